The van der Waals surface area contributed by atoms with Gasteiger partial charge in [-0.05, 0) is 37.1 Å². The molecular weight excluding hydrogens is 248 g/mol. The van der Waals surface area contributed by atoms with E-state index in [-0.39, 0.29) is 11.3 Å². The molecule has 0 bridgehead atoms. The molecule has 112 valence electrons. The van der Waals surface area contributed by atoms with E-state index in [2.05, 4.69) is 29.7 Å². The van der Waals surface area contributed by atoms with Crippen molar-refractivity contribution < 1.29 is 4.79 Å². The van der Waals surface area contributed by atoms with Crippen molar-refractivity contribution in [1.29, 1.82) is 0 Å². The van der Waals surface area contributed by atoms with Gasteiger partial charge in [-0.2, -0.15) is 0 Å². The zero-order valence-electron chi connectivity index (χ0n) is 13.3. The highest BCUT2D eigenvalue weighted by Crippen LogP contribution is 2.22. The molecule has 20 heavy (non-hydrogen) atoms. The summed E-state index contributed by atoms with van der Waals surface area (Å²) in [5.41, 5.74) is 1.79. The minimum atomic E-state index is -0.319. The van der Waals surface area contributed by atoms with Crippen LogP contribution in [0.5, 0.6) is 0 Å². The Kier molecular flexibility index (Phi) is 6.73. The monoisotopic (exact) mass is 276 g/mol. The first-order valence-corrected chi connectivity index (χ1v) is 7.60. The average molecular weight is 276 g/mol. The Bertz CT molecular complexity index is 410. The lowest BCUT2D eigenvalue weighted by atomic mass is 9.89. The van der Waals surface area contributed by atoms with Crippen LogP contribution in [0.15, 0.2) is 24.3 Å². The van der Waals surface area contributed by atoms with E-state index in [4.69, 9.17) is 0 Å². The number of carbonyl (C=O) groups is 1. The van der Waals surface area contributed by atoms with Gasteiger partial charge in [0.25, 0.3) is 0 Å². The highest BCUT2D eigenvalue weighted by molar-refractivity contribution is 5.94. The van der Waals surface area contributed by atoms with Gasteiger partial charge in [0.15, 0.2) is 0 Å². The van der Waals surface area contributed by atoms with E-state index in [1.165, 1.54) is 18.4 Å². The van der Waals surface area contributed by atoms with Crippen LogP contribution in [0.4, 0.5) is 5.69 Å². The Morgan fingerprint density at radius 1 is 1.15 bits per heavy atom. The van der Waals surface area contributed by atoms with Crippen LogP contribution in [0.1, 0.15) is 52.5 Å². The van der Waals surface area contributed by atoms with Crippen LogP contribution in [0.25, 0.3) is 0 Å². The fourth-order valence-corrected chi connectivity index (χ4v) is 1.70. The topological polar surface area (TPSA) is 41.1 Å². The standard InChI is InChI=1S/C17H28N2O/c1-5-7-12-18-13-14-8-10-15(11-9-14)19-16(20)17(3,4)6-2/h8-11,18H,5-7,12-13H2,1-4H3,(H,19,20). The normalized spacial score (nSPS) is 11.4. The zero-order valence-corrected chi connectivity index (χ0v) is 13.3. The molecule has 0 unspecified atom stereocenters. The van der Waals surface area contributed by atoms with Gasteiger partial charge in [-0.15, -0.1) is 0 Å². The lowest BCUT2D eigenvalue weighted by Gasteiger charge is -2.21. The minimum absolute atomic E-state index is 0.0776. The number of amides is 1. The third-order valence-electron chi connectivity index (χ3n) is 3.75. The minimum Gasteiger partial charge on any atom is -0.326 e. The molecule has 0 aromatic heterocycles. The van der Waals surface area contributed by atoms with Crippen molar-refractivity contribution in [2.24, 2.45) is 5.41 Å². The number of carbonyl (C=O) groups excluding carboxylic acids is 1. The Labute approximate surface area is 123 Å². The van der Waals surface area contributed by atoms with Gasteiger partial charge in [-0.25, -0.2) is 0 Å². The number of anilines is 1. The molecule has 0 fully saturated rings. The van der Waals surface area contributed by atoms with Crippen molar-refractivity contribution in [3.05, 3.63) is 29.8 Å². The first-order valence-electron chi connectivity index (χ1n) is 7.60. The first-order chi connectivity index (χ1) is 9.49. The van der Waals surface area contributed by atoms with Gasteiger partial charge >= 0.3 is 0 Å². The summed E-state index contributed by atoms with van der Waals surface area (Å²) < 4.78 is 0. The summed E-state index contributed by atoms with van der Waals surface area (Å²) in [6.07, 6.45) is 3.25. The second-order valence-electron chi connectivity index (χ2n) is 5.92. The van der Waals surface area contributed by atoms with Crippen molar-refractivity contribution in [1.82, 2.24) is 5.32 Å². The molecule has 0 aliphatic carbocycles. The molecule has 3 heteroatoms. The van der Waals surface area contributed by atoms with Gasteiger partial charge in [-0.1, -0.05) is 46.2 Å². The van der Waals surface area contributed by atoms with Gasteiger partial charge in [0.2, 0.25) is 5.91 Å². The van der Waals surface area contributed by atoms with Gasteiger partial charge < -0.3 is 10.6 Å². The Morgan fingerprint density at radius 3 is 2.35 bits per heavy atom. The number of unbranched alkanes of at least 4 members (excludes halogenated alkanes) is 1. The molecular formula is C17H28N2O. The summed E-state index contributed by atoms with van der Waals surface area (Å²) in [6, 6.07) is 8.07. The Hall–Kier alpha value is -1.35. The highest BCUT2D eigenvalue weighted by atomic mass is 16.2. The van der Waals surface area contributed by atoms with Gasteiger partial charge in [-0.3, -0.25) is 4.79 Å². The van der Waals surface area contributed by atoms with Crippen molar-refractivity contribution in [2.45, 2.75) is 53.5 Å². The van der Waals surface area contributed by atoms with Gasteiger partial charge in [0.1, 0.15) is 0 Å². The molecule has 1 aromatic rings. The molecule has 3 nitrogen and oxygen atoms in total. The number of benzene rings is 1. The Morgan fingerprint density at radius 2 is 1.80 bits per heavy atom. The van der Waals surface area contributed by atoms with E-state index in [1.807, 2.05) is 32.9 Å². The van der Waals surface area contributed by atoms with Crippen molar-refractivity contribution >= 4 is 11.6 Å². The summed E-state index contributed by atoms with van der Waals surface area (Å²) in [5, 5.41) is 6.39. The molecule has 0 saturated heterocycles. The largest absolute Gasteiger partial charge is 0.326 e. The van der Waals surface area contributed by atoms with Crippen molar-refractivity contribution in [3.8, 4) is 0 Å². The molecule has 0 atom stereocenters. The van der Waals surface area contributed by atoms with Crippen LogP contribution in [0, 0.1) is 5.41 Å². The maximum Gasteiger partial charge on any atom is 0.230 e. The molecule has 0 saturated carbocycles. The maximum absolute atomic E-state index is 12.1. The van der Waals surface area contributed by atoms with E-state index >= 15 is 0 Å². The van der Waals surface area contributed by atoms with Crippen LogP contribution in [0.2, 0.25) is 0 Å². The smallest absolute Gasteiger partial charge is 0.230 e. The highest BCUT2D eigenvalue weighted by Gasteiger charge is 2.25. The predicted octanol–water partition coefficient (Wildman–Crippen LogP) is 3.95. The number of nitrogens with one attached hydrogen (secondary N) is 2. The second-order valence-corrected chi connectivity index (χ2v) is 5.92. The van der Waals surface area contributed by atoms with Crippen LogP contribution in [-0.2, 0) is 11.3 Å². The van der Waals surface area contributed by atoms with E-state index in [0.29, 0.717) is 0 Å². The summed E-state index contributed by atoms with van der Waals surface area (Å²) >= 11 is 0. The third-order valence-corrected chi connectivity index (χ3v) is 3.75. The molecule has 0 aliphatic rings. The Balaban J connectivity index is 2.48. The van der Waals surface area contributed by atoms with E-state index in [9.17, 15) is 4.79 Å². The van der Waals surface area contributed by atoms with Crippen LogP contribution in [-0.4, -0.2) is 12.5 Å². The van der Waals surface area contributed by atoms with Crippen LogP contribution in [0.3, 0.4) is 0 Å². The number of hydrogen-bond donors (Lipinski definition) is 2. The SMILES string of the molecule is CCCCNCc1ccc(NC(=O)C(C)(C)CC)cc1. The summed E-state index contributed by atoms with van der Waals surface area (Å²) in [4.78, 5) is 12.1. The molecule has 0 radical (unpaired) electrons. The molecule has 1 aromatic carbocycles. The molecule has 2 N–H and O–H groups in total. The van der Waals surface area contributed by atoms with Crippen LogP contribution < -0.4 is 10.6 Å². The fourth-order valence-electron chi connectivity index (χ4n) is 1.70. The summed E-state index contributed by atoms with van der Waals surface area (Å²) in [6.45, 7) is 10.1. The molecule has 1 amide bonds. The molecule has 1 rings (SSSR count). The van der Waals surface area contributed by atoms with Gasteiger partial charge in [0.05, 0.1) is 0 Å². The summed E-state index contributed by atoms with van der Waals surface area (Å²) in [5.74, 6) is 0.0776. The quantitative estimate of drug-likeness (QED) is 0.706. The van der Waals surface area contributed by atoms with E-state index in [0.717, 1.165) is 25.2 Å². The lowest BCUT2D eigenvalue weighted by molar-refractivity contribution is -0.124. The number of rotatable bonds is 8. The average Bonchev–Trinajstić information content (AvgIpc) is 2.45. The summed E-state index contributed by atoms with van der Waals surface area (Å²) in [7, 11) is 0. The van der Waals surface area contributed by atoms with Crippen molar-refractivity contribution in [3.63, 3.8) is 0 Å². The molecule has 0 heterocycles. The maximum atomic E-state index is 12.1. The lowest BCUT2D eigenvalue weighted by Crippen LogP contribution is -2.29. The van der Waals surface area contributed by atoms with E-state index in [1.54, 1.807) is 0 Å². The zero-order chi connectivity index (χ0) is 15.0. The van der Waals surface area contributed by atoms with Gasteiger partial charge in [0, 0.05) is 17.6 Å². The molecule has 0 spiro atoms. The van der Waals surface area contributed by atoms with Crippen molar-refractivity contribution in [2.75, 3.05) is 11.9 Å². The molecule has 0 aliphatic heterocycles. The predicted molar refractivity (Wildman–Crippen MR) is 85.8 cm³/mol. The number of hydrogen-bond acceptors (Lipinski definition) is 2. The first kappa shape index (κ1) is 16.7. The second kappa shape index (κ2) is 8.05. The third kappa shape index (κ3) is 5.33. The van der Waals surface area contributed by atoms with E-state index < -0.39 is 0 Å². The van der Waals surface area contributed by atoms with Crippen LogP contribution >= 0.6 is 0 Å². The fraction of sp³-hybridized carbons (Fsp3) is 0.588.